The molecule has 0 saturated carbocycles. The van der Waals surface area contributed by atoms with Gasteiger partial charge in [0.2, 0.25) is 0 Å². The van der Waals surface area contributed by atoms with Crippen molar-refractivity contribution in [2.24, 2.45) is 5.84 Å². The maximum absolute atomic E-state index is 5.18. The minimum absolute atomic E-state index is 0. The van der Waals surface area contributed by atoms with Crippen LogP contribution in [-0.4, -0.2) is 19.7 Å². The molecule has 3 N–H and O–H groups in total. The largest absolute Gasteiger partial charge is 0.307 e. The van der Waals surface area contributed by atoms with Crippen molar-refractivity contribution in [3.63, 3.8) is 0 Å². The van der Waals surface area contributed by atoms with Gasteiger partial charge in [0, 0.05) is 12.4 Å². The summed E-state index contributed by atoms with van der Waals surface area (Å²) in [6.07, 6.45) is 3.54. The van der Waals surface area contributed by atoms with Crippen LogP contribution in [0.25, 0.3) is 5.82 Å². The van der Waals surface area contributed by atoms with Gasteiger partial charge in [0.25, 0.3) is 0 Å². The van der Waals surface area contributed by atoms with Gasteiger partial charge in [0.1, 0.15) is 5.82 Å². The van der Waals surface area contributed by atoms with Crippen molar-refractivity contribution in [1.29, 1.82) is 0 Å². The molecule has 8 heteroatoms. The molecule has 2 rings (SSSR count). The number of rotatable bonds is 2. The number of anilines is 1. The van der Waals surface area contributed by atoms with Crippen LogP contribution in [0.4, 0.5) is 5.82 Å². The fraction of sp³-hybridized carbons (Fsp3) is 0.125. The van der Waals surface area contributed by atoms with Crippen LogP contribution in [0, 0.1) is 6.92 Å². The van der Waals surface area contributed by atoms with Gasteiger partial charge in [0.05, 0.1) is 0 Å². The van der Waals surface area contributed by atoms with Crippen molar-refractivity contribution in [3.05, 3.63) is 30.4 Å². The average molecular weight is 263 g/mol. The van der Waals surface area contributed by atoms with Crippen molar-refractivity contribution in [1.82, 2.24) is 19.7 Å². The molecule has 2 aromatic heterocycles. The van der Waals surface area contributed by atoms with Gasteiger partial charge in [-0.05, 0) is 19.1 Å². The number of imidazole rings is 1. The van der Waals surface area contributed by atoms with E-state index >= 15 is 0 Å². The number of hydrogen-bond acceptors (Lipinski definition) is 5. The van der Waals surface area contributed by atoms with E-state index in [1.54, 1.807) is 12.3 Å². The van der Waals surface area contributed by atoms with E-state index in [0.717, 1.165) is 11.6 Å². The van der Waals surface area contributed by atoms with Crippen LogP contribution < -0.4 is 11.3 Å². The first-order valence-corrected chi connectivity index (χ1v) is 4.12. The van der Waals surface area contributed by atoms with Crippen LogP contribution in [0.1, 0.15) is 5.82 Å². The highest BCUT2D eigenvalue weighted by atomic mass is 35.5. The molecule has 0 aliphatic rings. The van der Waals surface area contributed by atoms with Crippen LogP contribution in [0.5, 0.6) is 0 Å². The van der Waals surface area contributed by atoms with Crippen molar-refractivity contribution in [2.75, 3.05) is 5.43 Å². The Balaban J connectivity index is 0.00000112. The molecule has 2 aromatic rings. The molecule has 0 spiro atoms. The number of nitrogens with two attached hydrogens (primary N) is 1. The molecule has 0 aromatic carbocycles. The van der Waals surface area contributed by atoms with Crippen molar-refractivity contribution < 1.29 is 0 Å². The number of hydrogen-bond donors (Lipinski definition) is 2. The quantitative estimate of drug-likeness (QED) is 0.626. The number of nitrogen functional groups attached to an aromatic ring is 1. The van der Waals surface area contributed by atoms with Crippen LogP contribution in [0.15, 0.2) is 24.5 Å². The predicted molar refractivity (Wildman–Crippen MR) is 66.2 cm³/mol. The van der Waals surface area contributed by atoms with Crippen LogP contribution >= 0.6 is 24.8 Å². The number of nitrogens with zero attached hydrogens (tertiary/aromatic N) is 4. The second-order valence-electron chi connectivity index (χ2n) is 2.77. The van der Waals surface area contributed by atoms with Gasteiger partial charge in [-0.1, -0.05) is 0 Å². The summed E-state index contributed by atoms with van der Waals surface area (Å²) in [6, 6.07) is 3.57. The Labute approximate surface area is 105 Å². The Kier molecular flexibility index (Phi) is 5.73. The van der Waals surface area contributed by atoms with E-state index in [1.807, 2.05) is 23.8 Å². The minimum Gasteiger partial charge on any atom is -0.307 e. The second kappa shape index (κ2) is 6.26. The molecule has 2 heterocycles. The van der Waals surface area contributed by atoms with Gasteiger partial charge in [-0.15, -0.1) is 35.0 Å². The Morgan fingerprint density at radius 1 is 1.25 bits per heavy atom. The van der Waals surface area contributed by atoms with Gasteiger partial charge in [-0.3, -0.25) is 4.57 Å². The Morgan fingerprint density at radius 2 is 2.00 bits per heavy atom. The summed E-state index contributed by atoms with van der Waals surface area (Å²) in [6.45, 7) is 1.90. The number of halogens is 2. The third-order valence-electron chi connectivity index (χ3n) is 1.87. The van der Waals surface area contributed by atoms with Crippen LogP contribution in [-0.2, 0) is 0 Å². The second-order valence-corrected chi connectivity index (χ2v) is 2.77. The fourth-order valence-corrected chi connectivity index (χ4v) is 1.15. The Bertz CT molecular complexity index is 426. The molecule has 0 fully saturated rings. The van der Waals surface area contributed by atoms with Gasteiger partial charge >= 0.3 is 0 Å². The molecule has 0 unspecified atom stereocenters. The summed E-state index contributed by atoms with van der Waals surface area (Å²) in [7, 11) is 0. The first-order valence-electron chi connectivity index (χ1n) is 4.12. The van der Waals surface area contributed by atoms with Gasteiger partial charge in [-0.2, -0.15) is 0 Å². The summed E-state index contributed by atoms with van der Waals surface area (Å²) in [5, 5.41) is 7.84. The van der Waals surface area contributed by atoms with E-state index in [0.29, 0.717) is 5.82 Å². The number of nitrogens with one attached hydrogen (secondary N) is 1. The molecule has 0 aliphatic carbocycles. The summed E-state index contributed by atoms with van der Waals surface area (Å²) < 4.78 is 1.84. The summed E-state index contributed by atoms with van der Waals surface area (Å²) in [5.74, 6) is 7.30. The van der Waals surface area contributed by atoms with E-state index < -0.39 is 0 Å². The summed E-state index contributed by atoms with van der Waals surface area (Å²) >= 11 is 0. The smallest absolute Gasteiger partial charge is 0.162 e. The average Bonchev–Trinajstić information content (AvgIpc) is 2.65. The number of aromatic nitrogens is 4. The Morgan fingerprint density at radius 3 is 2.44 bits per heavy atom. The van der Waals surface area contributed by atoms with E-state index in [-0.39, 0.29) is 24.8 Å². The predicted octanol–water partition coefficient (Wildman–Crippen LogP) is 1.10. The highest BCUT2D eigenvalue weighted by molar-refractivity contribution is 5.85. The molecule has 0 radical (unpaired) electrons. The van der Waals surface area contributed by atoms with Gasteiger partial charge < -0.3 is 5.43 Å². The van der Waals surface area contributed by atoms with Gasteiger partial charge in [0.15, 0.2) is 11.6 Å². The van der Waals surface area contributed by atoms with E-state index in [9.17, 15) is 0 Å². The highest BCUT2D eigenvalue weighted by Gasteiger charge is 2.01. The maximum Gasteiger partial charge on any atom is 0.162 e. The number of aryl methyl sites for hydroxylation is 1. The lowest BCUT2D eigenvalue weighted by Gasteiger charge is -2.03. The zero-order chi connectivity index (χ0) is 9.97. The molecule has 16 heavy (non-hydrogen) atoms. The number of hydrazine groups is 1. The molecule has 0 amide bonds. The van der Waals surface area contributed by atoms with Crippen molar-refractivity contribution >= 4 is 30.6 Å². The molecule has 0 aliphatic heterocycles. The fourth-order valence-electron chi connectivity index (χ4n) is 1.15. The molecule has 88 valence electrons. The monoisotopic (exact) mass is 262 g/mol. The third kappa shape index (κ3) is 2.82. The molecule has 6 nitrogen and oxygen atoms in total. The lowest BCUT2D eigenvalue weighted by molar-refractivity contribution is 0.879. The summed E-state index contributed by atoms with van der Waals surface area (Å²) in [4.78, 5) is 4.09. The van der Waals surface area contributed by atoms with Crippen LogP contribution in [0.3, 0.4) is 0 Å². The first kappa shape index (κ1) is 14.6. The highest BCUT2D eigenvalue weighted by Crippen LogP contribution is 2.07. The third-order valence-corrected chi connectivity index (χ3v) is 1.87. The molecular formula is C8H12Cl2N6. The summed E-state index contributed by atoms with van der Waals surface area (Å²) in [5.41, 5.74) is 2.42. The van der Waals surface area contributed by atoms with Crippen molar-refractivity contribution in [3.8, 4) is 5.82 Å². The zero-order valence-electron chi connectivity index (χ0n) is 8.49. The molecule has 0 saturated heterocycles. The molecular weight excluding hydrogens is 251 g/mol. The molecule has 0 atom stereocenters. The first-order chi connectivity index (χ1) is 6.81. The SMILES string of the molecule is Cc1nccn1-c1ccc(NN)nn1.Cl.Cl. The van der Waals surface area contributed by atoms with Crippen molar-refractivity contribution in [2.45, 2.75) is 6.92 Å². The van der Waals surface area contributed by atoms with Crippen LogP contribution in [0.2, 0.25) is 0 Å². The van der Waals surface area contributed by atoms with E-state index in [1.165, 1.54) is 0 Å². The molecule has 0 bridgehead atoms. The maximum atomic E-state index is 5.18. The minimum atomic E-state index is 0. The Hall–Kier alpha value is -1.37. The van der Waals surface area contributed by atoms with E-state index in [2.05, 4.69) is 20.6 Å². The lowest BCUT2D eigenvalue weighted by Crippen LogP contribution is -2.10. The zero-order valence-corrected chi connectivity index (χ0v) is 10.1. The standard InChI is InChI=1S/C8H10N6.2ClH/c1-6-10-4-5-14(6)8-3-2-7(11-9)12-13-8;;/h2-5H,9H2,1H3,(H,11,12);2*1H. The normalized spacial score (nSPS) is 8.88. The van der Waals surface area contributed by atoms with E-state index in [4.69, 9.17) is 5.84 Å². The lowest BCUT2D eigenvalue weighted by atomic mass is 10.5. The van der Waals surface area contributed by atoms with Gasteiger partial charge in [-0.25, -0.2) is 10.8 Å². The topological polar surface area (TPSA) is 81.7 Å².